The summed E-state index contributed by atoms with van der Waals surface area (Å²) in [6.45, 7) is 6.08. The zero-order valence-corrected chi connectivity index (χ0v) is 22.3. The third kappa shape index (κ3) is 5.99. The molecular formula is C26H28N8OS2. The van der Waals surface area contributed by atoms with Crippen molar-refractivity contribution in [2.75, 3.05) is 47.8 Å². The van der Waals surface area contributed by atoms with Gasteiger partial charge in [-0.1, -0.05) is 12.1 Å². The highest BCUT2D eigenvalue weighted by Gasteiger charge is 2.29. The van der Waals surface area contributed by atoms with E-state index < -0.39 is 0 Å². The van der Waals surface area contributed by atoms with Gasteiger partial charge in [-0.3, -0.25) is 9.79 Å². The summed E-state index contributed by atoms with van der Waals surface area (Å²) >= 11 is 3.16. The van der Waals surface area contributed by atoms with Crippen LogP contribution in [0.4, 0.5) is 17.0 Å². The third-order valence-electron chi connectivity index (χ3n) is 6.52. The van der Waals surface area contributed by atoms with Crippen LogP contribution in [-0.2, 0) is 11.2 Å². The molecule has 2 fully saturated rings. The SMILES string of the molecule is CC1=CC(Nc2nc(Sc3ccc(CC(=O)C4CC4)cc3)nc(N3CCN(c4nccs4)CC3)n2)=NC1. The lowest BCUT2D eigenvalue weighted by Gasteiger charge is -2.34. The van der Waals surface area contributed by atoms with Gasteiger partial charge in [0.05, 0.1) is 6.54 Å². The number of carbonyl (C=O) groups is 1. The number of anilines is 3. The Morgan fingerprint density at radius 2 is 1.86 bits per heavy atom. The van der Waals surface area contributed by atoms with Crippen LogP contribution in [0.3, 0.4) is 0 Å². The molecule has 0 radical (unpaired) electrons. The molecular weight excluding hydrogens is 504 g/mol. The molecule has 0 bridgehead atoms. The van der Waals surface area contributed by atoms with Crippen LogP contribution < -0.4 is 15.1 Å². The number of ketones is 1. The first-order chi connectivity index (χ1) is 18.1. The fraction of sp³-hybridized carbons (Fsp3) is 0.385. The van der Waals surface area contributed by atoms with E-state index in [1.807, 2.05) is 41.9 Å². The summed E-state index contributed by atoms with van der Waals surface area (Å²) in [5.74, 6) is 2.56. The van der Waals surface area contributed by atoms with Gasteiger partial charge in [-0.25, -0.2) is 4.98 Å². The van der Waals surface area contributed by atoms with E-state index in [0.29, 0.717) is 35.8 Å². The van der Waals surface area contributed by atoms with Crippen LogP contribution in [0.15, 0.2) is 62.5 Å². The van der Waals surface area contributed by atoms with Gasteiger partial charge < -0.3 is 15.1 Å². The Balaban J connectivity index is 1.19. The lowest BCUT2D eigenvalue weighted by atomic mass is 10.1. The zero-order valence-electron chi connectivity index (χ0n) is 20.6. The molecule has 37 heavy (non-hydrogen) atoms. The minimum absolute atomic E-state index is 0.287. The Bertz CT molecular complexity index is 1330. The largest absolute Gasteiger partial charge is 0.345 e. The molecule has 3 aliphatic rings. The lowest BCUT2D eigenvalue weighted by molar-refractivity contribution is -0.119. The number of hydrogen-bond donors (Lipinski definition) is 1. The van der Waals surface area contributed by atoms with E-state index in [9.17, 15) is 4.79 Å². The van der Waals surface area contributed by atoms with Crippen molar-refractivity contribution < 1.29 is 4.79 Å². The van der Waals surface area contributed by atoms with Crippen LogP contribution >= 0.6 is 23.1 Å². The van der Waals surface area contributed by atoms with Crippen LogP contribution in [0.2, 0.25) is 0 Å². The fourth-order valence-electron chi connectivity index (χ4n) is 4.31. The van der Waals surface area contributed by atoms with E-state index in [1.54, 1.807) is 11.3 Å². The summed E-state index contributed by atoms with van der Waals surface area (Å²) in [6, 6.07) is 8.14. The number of nitrogens with zero attached hydrogens (tertiary/aromatic N) is 7. The number of Topliss-reactive ketones (excluding diaryl/α,β-unsaturated/α-hetero) is 1. The summed E-state index contributed by atoms with van der Waals surface area (Å²) in [6.07, 6.45) is 6.48. The van der Waals surface area contributed by atoms with Crippen molar-refractivity contribution >= 4 is 51.7 Å². The predicted octanol–water partition coefficient (Wildman–Crippen LogP) is 4.10. The van der Waals surface area contributed by atoms with E-state index in [2.05, 4.69) is 37.0 Å². The van der Waals surface area contributed by atoms with Gasteiger partial charge in [0.25, 0.3) is 0 Å². The molecule has 1 saturated heterocycles. The van der Waals surface area contributed by atoms with Crippen molar-refractivity contribution in [1.29, 1.82) is 0 Å². The van der Waals surface area contributed by atoms with Gasteiger partial charge in [0.15, 0.2) is 10.3 Å². The maximum absolute atomic E-state index is 12.2. The lowest BCUT2D eigenvalue weighted by Crippen LogP contribution is -2.47. The van der Waals surface area contributed by atoms with Crippen LogP contribution in [0, 0.1) is 5.92 Å². The molecule has 0 spiro atoms. The number of benzene rings is 1. The minimum Gasteiger partial charge on any atom is -0.345 e. The number of amidine groups is 1. The van der Waals surface area contributed by atoms with Crippen LogP contribution in [0.25, 0.3) is 0 Å². The molecule has 3 aromatic rings. The van der Waals surface area contributed by atoms with Crippen molar-refractivity contribution in [3.05, 3.63) is 53.1 Å². The molecule has 9 nitrogen and oxygen atoms in total. The topological polar surface area (TPSA) is 99.5 Å². The summed E-state index contributed by atoms with van der Waals surface area (Å²) < 4.78 is 0. The number of aliphatic imine (C=N–C) groups is 1. The van der Waals surface area contributed by atoms with Gasteiger partial charge in [-0.15, -0.1) is 11.3 Å². The van der Waals surface area contributed by atoms with Gasteiger partial charge in [0.2, 0.25) is 11.9 Å². The number of thiazole rings is 1. The molecule has 4 heterocycles. The summed E-state index contributed by atoms with van der Waals surface area (Å²) in [7, 11) is 0. The zero-order chi connectivity index (χ0) is 25.2. The molecule has 2 aromatic heterocycles. The van der Waals surface area contributed by atoms with Crippen molar-refractivity contribution in [3.8, 4) is 0 Å². The second kappa shape index (κ2) is 10.6. The molecule has 6 rings (SSSR count). The Morgan fingerprint density at radius 3 is 2.54 bits per heavy atom. The van der Waals surface area contributed by atoms with Gasteiger partial charge in [-0.2, -0.15) is 15.0 Å². The number of nitrogens with one attached hydrogen (secondary N) is 1. The highest BCUT2D eigenvalue weighted by molar-refractivity contribution is 7.99. The Kier molecular flexibility index (Phi) is 6.88. The van der Waals surface area contributed by atoms with E-state index in [1.165, 1.54) is 17.3 Å². The molecule has 0 unspecified atom stereocenters. The van der Waals surface area contributed by atoms with Crippen LogP contribution in [0.1, 0.15) is 25.3 Å². The highest BCUT2D eigenvalue weighted by Crippen LogP contribution is 2.32. The second-order valence-electron chi connectivity index (χ2n) is 9.51. The number of rotatable bonds is 8. The summed E-state index contributed by atoms with van der Waals surface area (Å²) in [5, 5.41) is 6.95. The first-order valence-electron chi connectivity index (χ1n) is 12.5. The average Bonchev–Trinajstić information content (AvgIpc) is 3.47. The van der Waals surface area contributed by atoms with Crippen molar-refractivity contribution in [2.24, 2.45) is 10.9 Å². The van der Waals surface area contributed by atoms with Crippen molar-refractivity contribution in [1.82, 2.24) is 19.9 Å². The van der Waals surface area contributed by atoms with Crippen LogP contribution in [0.5, 0.6) is 0 Å². The molecule has 11 heteroatoms. The fourth-order valence-corrected chi connectivity index (χ4v) is 5.75. The van der Waals surface area contributed by atoms with E-state index >= 15 is 0 Å². The smallest absolute Gasteiger partial charge is 0.234 e. The first-order valence-corrected chi connectivity index (χ1v) is 14.2. The molecule has 0 atom stereocenters. The van der Waals surface area contributed by atoms with Crippen LogP contribution in [-0.4, -0.2) is 64.3 Å². The number of hydrogen-bond acceptors (Lipinski definition) is 11. The second-order valence-corrected chi connectivity index (χ2v) is 11.4. The summed E-state index contributed by atoms with van der Waals surface area (Å²) in [4.78, 5) is 40.9. The first kappa shape index (κ1) is 24.1. The maximum atomic E-state index is 12.2. The number of aromatic nitrogens is 4. The monoisotopic (exact) mass is 532 g/mol. The van der Waals surface area contributed by atoms with Gasteiger partial charge in [0, 0.05) is 55.0 Å². The molecule has 1 saturated carbocycles. The average molecular weight is 533 g/mol. The van der Waals surface area contributed by atoms with Gasteiger partial charge >= 0.3 is 0 Å². The number of piperazine rings is 1. The van der Waals surface area contributed by atoms with E-state index in [0.717, 1.165) is 60.4 Å². The molecule has 1 aliphatic carbocycles. The molecule has 190 valence electrons. The van der Waals surface area contributed by atoms with E-state index in [-0.39, 0.29) is 5.92 Å². The Morgan fingerprint density at radius 1 is 1.08 bits per heavy atom. The van der Waals surface area contributed by atoms with Crippen molar-refractivity contribution in [3.63, 3.8) is 0 Å². The minimum atomic E-state index is 0.287. The van der Waals surface area contributed by atoms with E-state index in [4.69, 9.17) is 9.97 Å². The van der Waals surface area contributed by atoms with Crippen molar-refractivity contribution in [2.45, 2.75) is 36.2 Å². The molecule has 0 amide bonds. The Hall–Kier alpha value is -3.31. The Labute approximate surface area is 224 Å². The normalized spacial score (nSPS) is 17.5. The third-order valence-corrected chi connectivity index (χ3v) is 8.23. The van der Waals surface area contributed by atoms with Gasteiger partial charge in [0.1, 0.15) is 11.6 Å². The highest BCUT2D eigenvalue weighted by atomic mass is 32.2. The molecule has 1 N–H and O–H groups in total. The number of carbonyl (C=O) groups excluding carboxylic acids is 1. The maximum Gasteiger partial charge on any atom is 0.234 e. The molecule has 1 aromatic carbocycles. The van der Waals surface area contributed by atoms with Gasteiger partial charge in [-0.05, 0) is 60.9 Å². The predicted molar refractivity (Wildman–Crippen MR) is 148 cm³/mol. The quantitative estimate of drug-likeness (QED) is 0.460. The molecule has 2 aliphatic heterocycles. The standard InChI is InChI=1S/C26H28N8OS2/c1-17-14-22(28-16-17)29-23-30-24(33-9-11-34(12-10-33)26-27-8-13-36-26)32-25(31-23)37-20-6-2-18(3-7-20)15-21(35)19-4-5-19/h2-3,6-8,13-14,19H,4-5,9-12,15-16H2,1H3,(H,28,29,30,31,32). The summed E-state index contributed by atoms with van der Waals surface area (Å²) in [5.41, 5.74) is 2.25.